The first kappa shape index (κ1) is 11.2. The Morgan fingerprint density at radius 1 is 1.44 bits per heavy atom. The molecular weight excluding hydrogens is 226 g/mol. The van der Waals surface area contributed by atoms with E-state index in [1.807, 2.05) is 13.0 Å². The highest BCUT2D eigenvalue weighted by Gasteiger charge is 2.13. The van der Waals surface area contributed by atoms with Gasteiger partial charge in [0, 0.05) is 18.8 Å². The molecule has 0 radical (unpaired) electrons. The number of rotatable bonds is 3. The maximum absolute atomic E-state index is 9.94. The van der Waals surface area contributed by atoms with E-state index in [9.17, 15) is 5.11 Å². The Hall–Kier alpha value is -1.32. The summed E-state index contributed by atoms with van der Waals surface area (Å²) in [6, 6.07) is 5.39. The molecule has 0 saturated carbocycles. The molecular formula is C12H12ClNO2. The van der Waals surface area contributed by atoms with Crippen LogP contribution in [0.15, 0.2) is 35.0 Å². The number of nitrogens with zero attached hydrogens (tertiary/aromatic N) is 1. The predicted molar refractivity (Wildman–Crippen MR) is 61.4 cm³/mol. The minimum Gasteiger partial charge on any atom is -0.464 e. The highest BCUT2D eigenvalue weighted by Crippen LogP contribution is 2.23. The third-order valence-electron chi connectivity index (χ3n) is 2.36. The van der Waals surface area contributed by atoms with Crippen molar-refractivity contribution in [3.63, 3.8) is 0 Å². The minimum atomic E-state index is -0.673. The van der Waals surface area contributed by atoms with Crippen LogP contribution in [0.4, 0.5) is 0 Å². The molecule has 1 atom stereocenters. The second kappa shape index (κ2) is 4.68. The van der Waals surface area contributed by atoms with Gasteiger partial charge in [-0.05, 0) is 30.7 Å². The van der Waals surface area contributed by atoms with Crippen LogP contribution in [0.5, 0.6) is 0 Å². The Labute approximate surface area is 98.7 Å². The third kappa shape index (κ3) is 2.43. The number of aliphatic hydroxyl groups excluding tert-OH is 1. The number of pyridine rings is 1. The molecule has 0 spiro atoms. The van der Waals surface area contributed by atoms with Crippen molar-refractivity contribution in [2.24, 2.45) is 0 Å². The molecule has 1 unspecified atom stereocenters. The molecule has 0 saturated heterocycles. The van der Waals surface area contributed by atoms with Crippen LogP contribution in [-0.2, 0) is 6.42 Å². The summed E-state index contributed by atoms with van der Waals surface area (Å²) >= 11 is 5.96. The summed E-state index contributed by atoms with van der Waals surface area (Å²) in [7, 11) is 0. The van der Waals surface area contributed by atoms with E-state index in [1.165, 1.54) is 0 Å². The SMILES string of the molecule is Cc1ccc(C(O)Cc2ccncc2Cl)o1. The number of aliphatic hydroxyl groups is 1. The van der Waals surface area contributed by atoms with Crippen LogP contribution in [0.2, 0.25) is 5.02 Å². The normalized spacial score (nSPS) is 12.7. The first-order chi connectivity index (χ1) is 7.66. The van der Waals surface area contributed by atoms with Crippen LogP contribution >= 0.6 is 11.6 Å². The van der Waals surface area contributed by atoms with E-state index in [0.717, 1.165) is 11.3 Å². The summed E-state index contributed by atoms with van der Waals surface area (Å²) < 4.78 is 5.35. The number of hydrogen-bond acceptors (Lipinski definition) is 3. The lowest BCUT2D eigenvalue weighted by Gasteiger charge is -2.08. The molecule has 0 amide bonds. The Bertz CT molecular complexity index is 481. The fourth-order valence-electron chi connectivity index (χ4n) is 1.51. The molecule has 2 aromatic heterocycles. The molecule has 84 valence electrons. The van der Waals surface area contributed by atoms with Crippen LogP contribution in [0, 0.1) is 6.92 Å². The first-order valence-electron chi connectivity index (χ1n) is 4.99. The molecule has 3 nitrogen and oxygen atoms in total. The number of aryl methyl sites for hydroxylation is 1. The van der Waals surface area contributed by atoms with Gasteiger partial charge in [-0.2, -0.15) is 0 Å². The van der Waals surface area contributed by atoms with E-state index < -0.39 is 6.10 Å². The zero-order chi connectivity index (χ0) is 11.5. The van der Waals surface area contributed by atoms with E-state index in [-0.39, 0.29) is 0 Å². The topological polar surface area (TPSA) is 46.3 Å². The van der Waals surface area contributed by atoms with Crippen LogP contribution in [-0.4, -0.2) is 10.1 Å². The smallest absolute Gasteiger partial charge is 0.132 e. The summed E-state index contributed by atoms with van der Waals surface area (Å²) in [6.45, 7) is 1.84. The van der Waals surface area contributed by atoms with Crippen LogP contribution < -0.4 is 0 Å². The molecule has 0 aliphatic carbocycles. The van der Waals surface area contributed by atoms with Gasteiger partial charge in [0.25, 0.3) is 0 Å². The molecule has 2 aromatic rings. The fraction of sp³-hybridized carbons (Fsp3) is 0.250. The quantitative estimate of drug-likeness (QED) is 0.893. The molecule has 0 aliphatic heterocycles. The Morgan fingerprint density at radius 2 is 2.25 bits per heavy atom. The van der Waals surface area contributed by atoms with Gasteiger partial charge in [0.1, 0.15) is 17.6 Å². The van der Waals surface area contributed by atoms with Crippen molar-refractivity contribution in [3.8, 4) is 0 Å². The lowest BCUT2D eigenvalue weighted by molar-refractivity contribution is 0.149. The van der Waals surface area contributed by atoms with Gasteiger partial charge in [-0.3, -0.25) is 4.98 Å². The number of halogens is 1. The van der Waals surface area contributed by atoms with Gasteiger partial charge < -0.3 is 9.52 Å². The Kier molecular flexibility index (Phi) is 3.27. The minimum absolute atomic E-state index is 0.425. The summed E-state index contributed by atoms with van der Waals surface area (Å²) in [5, 5.41) is 10.5. The fourth-order valence-corrected chi connectivity index (χ4v) is 1.71. The van der Waals surface area contributed by atoms with Crippen molar-refractivity contribution >= 4 is 11.6 Å². The largest absolute Gasteiger partial charge is 0.464 e. The maximum atomic E-state index is 9.94. The summed E-state index contributed by atoms with van der Waals surface area (Å²) in [4.78, 5) is 3.89. The van der Waals surface area contributed by atoms with Crippen molar-refractivity contribution in [2.75, 3.05) is 0 Å². The zero-order valence-electron chi connectivity index (χ0n) is 8.85. The van der Waals surface area contributed by atoms with Gasteiger partial charge in [0.2, 0.25) is 0 Å². The molecule has 1 N–H and O–H groups in total. The standard InChI is InChI=1S/C12H12ClNO2/c1-8-2-3-12(16-8)11(15)6-9-4-5-14-7-10(9)13/h2-5,7,11,15H,6H2,1H3. The van der Waals surface area contributed by atoms with E-state index >= 15 is 0 Å². The van der Waals surface area contributed by atoms with Gasteiger partial charge in [-0.15, -0.1) is 0 Å². The average Bonchev–Trinajstić information content (AvgIpc) is 2.68. The van der Waals surface area contributed by atoms with Gasteiger partial charge >= 0.3 is 0 Å². The number of furan rings is 1. The highest BCUT2D eigenvalue weighted by atomic mass is 35.5. The van der Waals surface area contributed by atoms with Crippen molar-refractivity contribution in [2.45, 2.75) is 19.4 Å². The van der Waals surface area contributed by atoms with E-state index in [2.05, 4.69) is 4.98 Å². The van der Waals surface area contributed by atoms with Crippen molar-refractivity contribution < 1.29 is 9.52 Å². The third-order valence-corrected chi connectivity index (χ3v) is 2.70. The van der Waals surface area contributed by atoms with Crippen LogP contribution in [0.25, 0.3) is 0 Å². The maximum Gasteiger partial charge on any atom is 0.132 e. The Morgan fingerprint density at radius 3 is 2.88 bits per heavy atom. The Balaban J connectivity index is 2.13. The van der Waals surface area contributed by atoms with Crippen LogP contribution in [0.3, 0.4) is 0 Å². The lowest BCUT2D eigenvalue weighted by atomic mass is 10.1. The zero-order valence-corrected chi connectivity index (χ0v) is 9.61. The first-order valence-corrected chi connectivity index (χ1v) is 5.37. The van der Waals surface area contributed by atoms with Gasteiger partial charge in [0.15, 0.2) is 0 Å². The second-order valence-corrected chi connectivity index (χ2v) is 4.04. The van der Waals surface area contributed by atoms with Gasteiger partial charge in [0.05, 0.1) is 5.02 Å². The molecule has 0 bridgehead atoms. The molecule has 2 rings (SSSR count). The van der Waals surface area contributed by atoms with Gasteiger partial charge in [-0.25, -0.2) is 0 Å². The highest BCUT2D eigenvalue weighted by molar-refractivity contribution is 6.31. The van der Waals surface area contributed by atoms with Crippen LogP contribution in [0.1, 0.15) is 23.2 Å². The molecule has 0 fully saturated rings. The van der Waals surface area contributed by atoms with E-state index in [1.54, 1.807) is 24.5 Å². The van der Waals surface area contributed by atoms with Gasteiger partial charge in [-0.1, -0.05) is 11.6 Å². The molecule has 4 heteroatoms. The lowest BCUT2D eigenvalue weighted by Crippen LogP contribution is -2.01. The summed E-state index contributed by atoms with van der Waals surface area (Å²) in [5.41, 5.74) is 0.859. The van der Waals surface area contributed by atoms with Crippen molar-refractivity contribution in [3.05, 3.63) is 52.7 Å². The molecule has 0 aliphatic rings. The second-order valence-electron chi connectivity index (χ2n) is 3.64. The monoisotopic (exact) mass is 237 g/mol. The van der Waals surface area contributed by atoms with Crippen molar-refractivity contribution in [1.82, 2.24) is 4.98 Å². The number of aromatic nitrogens is 1. The molecule has 16 heavy (non-hydrogen) atoms. The van der Waals surface area contributed by atoms with E-state index in [0.29, 0.717) is 17.2 Å². The molecule has 0 aromatic carbocycles. The van der Waals surface area contributed by atoms with Crippen molar-refractivity contribution in [1.29, 1.82) is 0 Å². The predicted octanol–water partition coefficient (Wildman–Crippen LogP) is 2.91. The van der Waals surface area contributed by atoms with E-state index in [4.69, 9.17) is 16.0 Å². The molecule has 2 heterocycles. The summed E-state index contributed by atoms with van der Waals surface area (Å²) in [6.07, 6.45) is 2.97. The number of hydrogen-bond donors (Lipinski definition) is 1. The summed E-state index contributed by atoms with van der Waals surface area (Å²) in [5.74, 6) is 1.35. The average molecular weight is 238 g/mol.